The van der Waals surface area contributed by atoms with Crippen LogP contribution in [0.25, 0.3) is 0 Å². The molecule has 2 rings (SSSR count). The molecule has 1 aliphatic heterocycles. The fourth-order valence-corrected chi connectivity index (χ4v) is 3.12. The third kappa shape index (κ3) is 3.62. The predicted octanol–water partition coefficient (Wildman–Crippen LogP) is 2.86. The molecule has 0 bridgehead atoms. The summed E-state index contributed by atoms with van der Waals surface area (Å²) in [6.45, 7) is 3.78. The standard InChI is InChI=1S/C17H20BrNO5/c1-4-9-24-16(21)19-11-17(23-3,10-14(19)15(20)22-2)12-5-7-13(18)8-6-12/h4-8,14H,1,9-11H2,2-3H3/t14-,17-/m0/s1. The average Bonchev–Trinajstić information content (AvgIpc) is 3.01. The van der Waals surface area contributed by atoms with Gasteiger partial charge in [0.05, 0.1) is 13.7 Å². The quantitative estimate of drug-likeness (QED) is 0.564. The fraction of sp³-hybridized carbons (Fsp3) is 0.412. The van der Waals surface area contributed by atoms with Crippen molar-refractivity contribution in [3.63, 3.8) is 0 Å². The van der Waals surface area contributed by atoms with E-state index in [1.54, 1.807) is 7.11 Å². The first-order valence-electron chi connectivity index (χ1n) is 7.40. The van der Waals surface area contributed by atoms with E-state index < -0.39 is 23.7 Å². The molecule has 0 saturated carbocycles. The Bertz CT molecular complexity index is 618. The van der Waals surface area contributed by atoms with Crippen molar-refractivity contribution < 1.29 is 23.8 Å². The molecule has 1 fully saturated rings. The van der Waals surface area contributed by atoms with E-state index in [1.165, 1.54) is 18.1 Å². The highest BCUT2D eigenvalue weighted by molar-refractivity contribution is 9.10. The van der Waals surface area contributed by atoms with Crippen LogP contribution in [0.1, 0.15) is 12.0 Å². The minimum Gasteiger partial charge on any atom is -0.467 e. The molecule has 130 valence electrons. The van der Waals surface area contributed by atoms with Crippen LogP contribution in [0.4, 0.5) is 4.79 Å². The number of likely N-dealkylation sites (tertiary alicyclic amines) is 1. The van der Waals surface area contributed by atoms with Gasteiger partial charge in [-0.3, -0.25) is 4.90 Å². The largest absolute Gasteiger partial charge is 0.467 e. The lowest BCUT2D eigenvalue weighted by Gasteiger charge is -2.28. The van der Waals surface area contributed by atoms with Crippen molar-refractivity contribution in [1.82, 2.24) is 4.90 Å². The lowest BCUT2D eigenvalue weighted by molar-refractivity contribution is -0.145. The van der Waals surface area contributed by atoms with Gasteiger partial charge < -0.3 is 14.2 Å². The first kappa shape index (κ1) is 18.5. The summed E-state index contributed by atoms with van der Waals surface area (Å²) < 4.78 is 16.6. The molecule has 0 unspecified atom stereocenters. The van der Waals surface area contributed by atoms with E-state index in [4.69, 9.17) is 14.2 Å². The fourth-order valence-electron chi connectivity index (χ4n) is 2.85. The Hall–Kier alpha value is -1.86. The van der Waals surface area contributed by atoms with Gasteiger partial charge >= 0.3 is 12.1 Å². The summed E-state index contributed by atoms with van der Waals surface area (Å²) in [6.07, 6.45) is 1.17. The second kappa shape index (κ2) is 7.81. The highest BCUT2D eigenvalue weighted by Gasteiger charge is 2.51. The number of methoxy groups -OCH3 is 2. The molecule has 7 heteroatoms. The van der Waals surface area contributed by atoms with Crippen LogP contribution in [0.2, 0.25) is 0 Å². The smallest absolute Gasteiger partial charge is 0.410 e. The number of esters is 1. The lowest BCUT2D eigenvalue weighted by atomic mass is 9.91. The second-order valence-electron chi connectivity index (χ2n) is 5.44. The normalized spacial score (nSPS) is 23.0. The van der Waals surface area contributed by atoms with Gasteiger partial charge in [0, 0.05) is 18.0 Å². The number of hydrogen-bond acceptors (Lipinski definition) is 5. The Kier molecular flexibility index (Phi) is 6.01. The summed E-state index contributed by atoms with van der Waals surface area (Å²) in [5.74, 6) is -0.499. The number of carbonyl (C=O) groups excluding carboxylic acids is 2. The Labute approximate surface area is 149 Å². The van der Waals surface area contributed by atoms with Crippen LogP contribution in [0.3, 0.4) is 0 Å². The number of halogens is 1. The maximum Gasteiger partial charge on any atom is 0.410 e. The van der Waals surface area contributed by atoms with Crippen molar-refractivity contribution in [3.8, 4) is 0 Å². The van der Waals surface area contributed by atoms with E-state index >= 15 is 0 Å². The zero-order valence-corrected chi connectivity index (χ0v) is 15.2. The number of carbonyl (C=O) groups is 2. The highest BCUT2D eigenvalue weighted by Crippen LogP contribution is 2.40. The number of hydrogen-bond donors (Lipinski definition) is 0. The molecule has 1 heterocycles. The molecule has 1 aromatic carbocycles. The summed E-state index contributed by atoms with van der Waals surface area (Å²) in [4.78, 5) is 25.8. The van der Waals surface area contributed by atoms with Crippen molar-refractivity contribution in [2.24, 2.45) is 0 Å². The summed E-state index contributed by atoms with van der Waals surface area (Å²) in [7, 11) is 2.86. The van der Waals surface area contributed by atoms with Crippen LogP contribution >= 0.6 is 15.9 Å². The topological polar surface area (TPSA) is 65.1 Å². The molecule has 0 aliphatic carbocycles. The minimum atomic E-state index is -0.799. The van der Waals surface area contributed by atoms with Crippen molar-refractivity contribution in [3.05, 3.63) is 47.0 Å². The van der Waals surface area contributed by atoms with Crippen LogP contribution < -0.4 is 0 Å². The Morgan fingerprint density at radius 3 is 2.58 bits per heavy atom. The summed E-state index contributed by atoms with van der Waals surface area (Å²) in [5.41, 5.74) is 0.0772. The van der Waals surface area contributed by atoms with Crippen molar-refractivity contribution in [2.45, 2.75) is 18.1 Å². The van der Waals surface area contributed by atoms with Crippen molar-refractivity contribution >= 4 is 28.0 Å². The van der Waals surface area contributed by atoms with Gasteiger partial charge in [-0.05, 0) is 17.7 Å². The zero-order chi connectivity index (χ0) is 17.7. The molecule has 0 aromatic heterocycles. The molecule has 1 aromatic rings. The number of benzene rings is 1. The van der Waals surface area contributed by atoms with Crippen LogP contribution in [-0.2, 0) is 24.6 Å². The third-order valence-electron chi connectivity index (χ3n) is 4.12. The molecule has 6 nitrogen and oxygen atoms in total. The molecule has 1 aliphatic rings. The van der Waals surface area contributed by atoms with Gasteiger partial charge in [-0.25, -0.2) is 9.59 Å². The summed E-state index contributed by atoms with van der Waals surface area (Å²) in [5, 5.41) is 0. The first-order chi connectivity index (χ1) is 11.5. The number of nitrogens with zero attached hydrogens (tertiary/aromatic N) is 1. The molecule has 1 amide bonds. The molecule has 0 N–H and O–H groups in total. The van der Waals surface area contributed by atoms with Gasteiger partial charge in [0.1, 0.15) is 18.2 Å². The average molecular weight is 398 g/mol. The number of ether oxygens (including phenoxy) is 3. The molecule has 0 radical (unpaired) electrons. The van der Waals surface area contributed by atoms with E-state index in [-0.39, 0.29) is 13.2 Å². The van der Waals surface area contributed by atoms with E-state index in [1.807, 2.05) is 24.3 Å². The Balaban J connectivity index is 2.34. The summed E-state index contributed by atoms with van der Waals surface area (Å²) in [6, 6.07) is 6.82. The van der Waals surface area contributed by atoms with E-state index in [9.17, 15) is 9.59 Å². The minimum absolute atomic E-state index is 0.0709. The van der Waals surface area contributed by atoms with Crippen molar-refractivity contribution in [2.75, 3.05) is 27.4 Å². The maximum absolute atomic E-state index is 12.3. The summed E-state index contributed by atoms with van der Waals surface area (Å²) >= 11 is 3.39. The van der Waals surface area contributed by atoms with Crippen LogP contribution in [-0.4, -0.2) is 50.4 Å². The van der Waals surface area contributed by atoms with E-state index in [0.29, 0.717) is 6.42 Å². The molecule has 2 atom stereocenters. The van der Waals surface area contributed by atoms with Crippen LogP contribution in [0.5, 0.6) is 0 Å². The molecule has 1 saturated heterocycles. The maximum atomic E-state index is 12.3. The monoisotopic (exact) mass is 397 g/mol. The van der Waals surface area contributed by atoms with Gasteiger partial charge in [-0.2, -0.15) is 0 Å². The second-order valence-corrected chi connectivity index (χ2v) is 6.36. The zero-order valence-electron chi connectivity index (χ0n) is 13.7. The highest BCUT2D eigenvalue weighted by atomic mass is 79.9. The van der Waals surface area contributed by atoms with Gasteiger partial charge in [-0.15, -0.1) is 0 Å². The Morgan fingerprint density at radius 1 is 1.38 bits per heavy atom. The molecule has 0 spiro atoms. The van der Waals surface area contributed by atoms with Gasteiger partial charge in [0.25, 0.3) is 0 Å². The van der Waals surface area contributed by atoms with Gasteiger partial charge in [-0.1, -0.05) is 40.7 Å². The van der Waals surface area contributed by atoms with Gasteiger partial charge in [0.15, 0.2) is 0 Å². The van der Waals surface area contributed by atoms with E-state index in [0.717, 1.165) is 10.0 Å². The SMILES string of the molecule is C=CCOC(=O)N1C[C@](OC)(c2ccc(Br)cc2)C[C@H]1C(=O)OC. The van der Waals surface area contributed by atoms with Crippen molar-refractivity contribution in [1.29, 1.82) is 0 Å². The Morgan fingerprint density at radius 2 is 2.04 bits per heavy atom. The predicted molar refractivity (Wildman–Crippen MR) is 91.5 cm³/mol. The molecular formula is C17H20BrNO5. The van der Waals surface area contributed by atoms with E-state index in [2.05, 4.69) is 22.5 Å². The van der Waals surface area contributed by atoms with Crippen LogP contribution in [0.15, 0.2) is 41.4 Å². The molecule has 24 heavy (non-hydrogen) atoms. The third-order valence-corrected chi connectivity index (χ3v) is 4.65. The lowest BCUT2D eigenvalue weighted by Crippen LogP contribution is -2.42. The number of rotatable bonds is 5. The molecular weight excluding hydrogens is 378 g/mol. The number of amides is 1. The van der Waals surface area contributed by atoms with Crippen LogP contribution in [0, 0.1) is 0 Å². The van der Waals surface area contributed by atoms with Gasteiger partial charge in [0.2, 0.25) is 0 Å². The first-order valence-corrected chi connectivity index (χ1v) is 8.20.